The third-order valence-corrected chi connectivity index (χ3v) is 3.24. The van der Waals surface area contributed by atoms with E-state index in [9.17, 15) is 26.4 Å². The van der Waals surface area contributed by atoms with Crippen molar-refractivity contribution in [3.8, 4) is 0 Å². The zero-order valence-corrected chi connectivity index (χ0v) is 10.4. The van der Waals surface area contributed by atoms with Crippen LogP contribution in [0.5, 0.6) is 0 Å². The van der Waals surface area contributed by atoms with Gasteiger partial charge in [-0.1, -0.05) is 0 Å². The molecule has 0 heterocycles. The Bertz CT molecular complexity index is 599. The Morgan fingerprint density at radius 2 is 1.83 bits per heavy atom. The van der Waals surface area contributed by atoms with E-state index in [1.54, 1.807) is 0 Å². The number of hydrogen-bond donors (Lipinski definition) is 1. The van der Waals surface area contributed by atoms with Crippen molar-refractivity contribution >= 4 is 15.6 Å². The van der Waals surface area contributed by atoms with Crippen LogP contribution in [0.4, 0.5) is 13.2 Å². The van der Waals surface area contributed by atoms with Crippen LogP contribution in [0.15, 0.2) is 11.0 Å². The normalized spacial score (nSPS) is 11.6. The first-order valence-electron chi connectivity index (χ1n) is 4.75. The quantitative estimate of drug-likeness (QED) is 0.658. The summed E-state index contributed by atoms with van der Waals surface area (Å²) in [6.45, 7) is -0.325. The largest absolute Gasteiger partial charge is 0.313 e. The number of sulfone groups is 1. The zero-order chi connectivity index (χ0) is 14.1. The van der Waals surface area contributed by atoms with Crippen LogP contribution in [0, 0.1) is 17.5 Å². The molecule has 1 aromatic carbocycles. The minimum absolute atomic E-state index is 0.325. The van der Waals surface area contributed by atoms with E-state index >= 15 is 0 Å². The van der Waals surface area contributed by atoms with Crippen molar-refractivity contribution in [1.82, 2.24) is 5.32 Å². The monoisotopic (exact) mass is 281 g/mol. The molecule has 1 rings (SSSR count). The summed E-state index contributed by atoms with van der Waals surface area (Å²) in [5, 5.41) is 2.40. The molecule has 0 fully saturated rings. The summed E-state index contributed by atoms with van der Waals surface area (Å²) >= 11 is 0. The summed E-state index contributed by atoms with van der Waals surface area (Å²) in [7, 11) is -2.86. The molecule has 1 N–H and O–H groups in total. The molecule has 0 aliphatic heterocycles. The second kappa shape index (κ2) is 5.07. The lowest BCUT2D eigenvalue weighted by Gasteiger charge is -2.08. The van der Waals surface area contributed by atoms with Gasteiger partial charge < -0.3 is 5.32 Å². The topological polar surface area (TPSA) is 63.2 Å². The maximum atomic E-state index is 13.5. The Balaban J connectivity index is 3.52. The van der Waals surface area contributed by atoms with Crippen LogP contribution in [0.1, 0.15) is 10.4 Å². The Morgan fingerprint density at radius 3 is 2.28 bits per heavy atom. The molecule has 100 valence electrons. The molecule has 0 aromatic heterocycles. The average molecular weight is 281 g/mol. The predicted molar refractivity (Wildman–Crippen MR) is 57.7 cm³/mol. The third kappa shape index (κ3) is 2.70. The van der Waals surface area contributed by atoms with Gasteiger partial charge >= 0.3 is 0 Å². The summed E-state index contributed by atoms with van der Waals surface area (Å²) in [4.78, 5) is 9.97. The molecule has 0 bridgehead atoms. The number of halogens is 3. The molecular formula is C10H10F3NO3S. The van der Waals surface area contributed by atoms with Crippen molar-refractivity contribution < 1.29 is 26.4 Å². The van der Waals surface area contributed by atoms with Crippen molar-refractivity contribution in [3.05, 3.63) is 29.1 Å². The molecule has 0 atom stereocenters. The van der Waals surface area contributed by atoms with E-state index in [4.69, 9.17) is 0 Å². The maximum absolute atomic E-state index is 13.5. The maximum Gasteiger partial charge on any atom is 0.181 e. The smallest absolute Gasteiger partial charge is 0.181 e. The van der Waals surface area contributed by atoms with Crippen molar-refractivity contribution in [2.45, 2.75) is 4.90 Å². The van der Waals surface area contributed by atoms with Crippen LogP contribution in [-0.4, -0.2) is 34.0 Å². The van der Waals surface area contributed by atoms with Crippen LogP contribution in [0.3, 0.4) is 0 Å². The number of benzene rings is 1. The molecule has 1 aromatic rings. The van der Waals surface area contributed by atoms with Crippen LogP contribution >= 0.6 is 0 Å². The Morgan fingerprint density at radius 1 is 1.28 bits per heavy atom. The molecule has 0 aliphatic carbocycles. The number of nitrogens with one attached hydrogen (secondary N) is 1. The van der Waals surface area contributed by atoms with E-state index < -0.39 is 43.5 Å². The molecule has 0 unspecified atom stereocenters. The molecule has 0 saturated heterocycles. The number of likely N-dealkylation sites (N-methyl/N-ethyl adjacent to an activating group) is 1. The summed E-state index contributed by atoms with van der Waals surface area (Å²) in [5.41, 5.74) is -0.827. The van der Waals surface area contributed by atoms with E-state index in [0.29, 0.717) is 12.3 Å². The first-order chi connectivity index (χ1) is 8.20. The molecule has 18 heavy (non-hydrogen) atoms. The highest BCUT2D eigenvalue weighted by atomic mass is 32.2. The Hall–Kier alpha value is -1.41. The summed E-state index contributed by atoms with van der Waals surface area (Å²) in [5.74, 6) is -5.92. The second-order valence-electron chi connectivity index (χ2n) is 3.59. The first kappa shape index (κ1) is 14.7. The van der Waals surface area contributed by atoms with Gasteiger partial charge in [0.2, 0.25) is 0 Å². The van der Waals surface area contributed by atoms with E-state index in [-0.39, 0.29) is 6.54 Å². The molecule has 0 aliphatic rings. The van der Waals surface area contributed by atoms with E-state index in [1.165, 1.54) is 7.05 Å². The fourth-order valence-corrected chi connectivity index (χ4v) is 2.21. The number of ketones is 1. The molecule has 0 saturated carbocycles. The van der Waals surface area contributed by atoms with Gasteiger partial charge in [0, 0.05) is 6.26 Å². The Kier molecular flexibility index (Phi) is 4.12. The summed E-state index contributed by atoms with van der Waals surface area (Å²) in [6, 6.07) is 0.383. The van der Waals surface area contributed by atoms with Gasteiger partial charge in [-0.3, -0.25) is 4.79 Å². The minimum atomic E-state index is -4.26. The lowest BCUT2D eigenvalue weighted by molar-refractivity contribution is 0.0987. The lowest BCUT2D eigenvalue weighted by Crippen LogP contribution is -2.21. The van der Waals surface area contributed by atoms with Crippen LogP contribution in [0.25, 0.3) is 0 Å². The standard InChI is InChI=1S/C10H10F3NO3S/c1-14-4-7(15)5-3-6(11)10(18(2,16)17)9(13)8(5)12/h3,14H,4H2,1-2H3. The van der Waals surface area contributed by atoms with Gasteiger partial charge in [-0.15, -0.1) is 0 Å². The van der Waals surface area contributed by atoms with Crippen LogP contribution in [0.2, 0.25) is 0 Å². The first-order valence-corrected chi connectivity index (χ1v) is 6.64. The van der Waals surface area contributed by atoms with Gasteiger partial charge in [0.25, 0.3) is 0 Å². The SMILES string of the molecule is CNCC(=O)c1cc(F)c(S(C)(=O)=O)c(F)c1F. The van der Waals surface area contributed by atoms with E-state index in [2.05, 4.69) is 5.32 Å². The lowest BCUT2D eigenvalue weighted by atomic mass is 10.1. The molecule has 0 amide bonds. The summed E-state index contributed by atoms with van der Waals surface area (Å²) in [6.07, 6.45) is 0.545. The number of hydrogen-bond acceptors (Lipinski definition) is 4. The molecule has 0 radical (unpaired) electrons. The van der Waals surface area contributed by atoms with Gasteiger partial charge in [0.1, 0.15) is 10.7 Å². The van der Waals surface area contributed by atoms with Crippen LogP contribution < -0.4 is 5.32 Å². The summed E-state index contributed by atoms with van der Waals surface area (Å²) < 4.78 is 62.6. The number of rotatable bonds is 4. The highest BCUT2D eigenvalue weighted by Crippen LogP contribution is 2.24. The molecule has 8 heteroatoms. The Labute approximate surface area is 102 Å². The number of carbonyl (C=O) groups is 1. The van der Waals surface area contributed by atoms with Gasteiger partial charge in [0.15, 0.2) is 27.3 Å². The molecule has 0 spiro atoms. The predicted octanol–water partition coefficient (Wildman–Crippen LogP) is 0.910. The van der Waals surface area contributed by atoms with Gasteiger partial charge in [-0.2, -0.15) is 0 Å². The van der Waals surface area contributed by atoms with Gasteiger partial charge in [-0.05, 0) is 13.1 Å². The van der Waals surface area contributed by atoms with Gasteiger partial charge in [-0.25, -0.2) is 21.6 Å². The van der Waals surface area contributed by atoms with Gasteiger partial charge in [0.05, 0.1) is 12.1 Å². The zero-order valence-electron chi connectivity index (χ0n) is 9.55. The highest BCUT2D eigenvalue weighted by Gasteiger charge is 2.27. The van der Waals surface area contributed by atoms with Crippen molar-refractivity contribution in [1.29, 1.82) is 0 Å². The van der Waals surface area contributed by atoms with Crippen molar-refractivity contribution in [3.63, 3.8) is 0 Å². The number of carbonyl (C=O) groups excluding carboxylic acids is 1. The van der Waals surface area contributed by atoms with E-state index in [0.717, 1.165) is 0 Å². The highest BCUT2D eigenvalue weighted by molar-refractivity contribution is 7.90. The van der Waals surface area contributed by atoms with Crippen molar-refractivity contribution in [2.24, 2.45) is 0 Å². The molecular weight excluding hydrogens is 271 g/mol. The van der Waals surface area contributed by atoms with Crippen molar-refractivity contribution in [2.75, 3.05) is 19.8 Å². The number of Topliss-reactive ketones (excluding diaryl/α,β-unsaturated/α-hetero) is 1. The average Bonchev–Trinajstić information content (AvgIpc) is 2.21. The van der Waals surface area contributed by atoms with Crippen LogP contribution in [-0.2, 0) is 9.84 Å². The second-order valence-corrected chi connectivity index (χ2v) is 5.54. The minimum Gasteiger partial charge on any atom is -0.313 e. The fraction of sp³-hybridized carbons (Fsp3) is 0.300. The third-order valence-electron chi connectivity index (χ3n) is 2.13. The fourth-order valence-electron chi connectivity index (χ4n) is 1.38. The van der Waals surface area contributed by atoms with E-state index in [1.807, 2.05) is 0 Å². The molecule has 4 nitrogen and oxygen atoms in total.